The summed E-state index contributed by atoms with van der Waals surface area (Å²) in [5.74, 6) is -0.871. The summed E-state index contributed by atoms with van der Waals surface area (Å²) in [4.78, 5) is 13.8. The number of aryl methyl sites for hydroxylation is 1. The van der Waals surface area contributed by atoms with E-state index in [1.54, 1.807) is 13.0 Å². The number of nitrogens with one attached hydrogen (secondary N) is 1. The maximum atomic E-state index is 10.7. The summed E-state index contributed by atoms with van der Waals surface area (Å²) in [6.07, 6.45) is 0. The molecule has 0 saturated heterocycles. The summed E-state index contributed by atoms with van der Waals surface area (Å²) < 4.78 is 0. The standard InChI is InChI=1S/C10H15NO2/c1-6-7(9(12)13)5-8(11-6)10(2,3)4/h5,11H,1-4H3,(H,12,13). The van der Waals surface area contributed by atoms with Crippen LogP contribution in [0.4, 0.5) is 0 Å². The largest absolute Gasteiger partial charge is 0.478 e. The lowest BCUT2D eigenvalue weighted by Gasteiger charge is -2.15. The van der Waals surface area contributed by atoms with Gasteiger partial charge in [-0.3, -0.25) is 0 Å². The highest BCUT2D eigenvalue weighted by atomic mass is 16.4. The quantitative estimate of drug-likeness (QED) is 0.698. The van der Waals surface area contributed by atoms with Crippen LogP contribution in [-0.4, -0.2) is 16.1 Å². The molecule has 72 valence electrons. The molecule has 2 N–H and O–H groups in total. The molecule has 0 radical (unpaired) electrons. The molecular weight excluding hydrogens is 166 g/mol. The molecule has 0 aliphatic heterocycles. The van der Waals surface area contributed by atoms with Crippen LogP contribution in [-0.2, 0) is 5.41 Å². The highest BCUT2D eigenvalue weighted by molar-refractivity contribution is 5.89. The molecule has 1 rings (SSSR count). The fourth-order valence-electron chi connectivity index (χ4n) is 1.18. The second kappa shape index (κ2) is 2.91. The fraction of sp³-hybridized carbons (Fsp3) is 0.500. The van der Waals surface area contributed by atoms with Crippen molar-refractivity contribution >= 4 is 5.97 Å². The van der Waals surface area contributed by atoms with Crippen LogP contribution in [0.5, 0.6) is 0 Å². The maximum absolute atomic E-state index is 10.7. The van der Waals surface area contributed by atoms with E-state index < -0.39 is 5.97 Å². The molecule has 0 aliphatic carbocycles. The van der Waals surface area contributed by atoms with E-state index in [0.717, 1.165) is 11.4 Å². The molecule has 0 fully saturated rings. The molecular formula is C10H15NO2. The minimum Gasteiger partial charge on any atom is -0.478 e. The van der Waals surface area contributed by atoms with Gasteiger partial charge in [-0.15, -0.1) is 0 Å². The van der Waals surface area contributed by atoms with Crippen LogP contribution in [0.25, 0.3) is 0 Å². The number of carboxylic acid groups (broad SMARTS) is 1. The van der Waals surface area contributed by atoms with Gasteiger partial charge in [0.2, 0.25) is 0 Å². The maximum Gasteiger partial charge on any atom is 0.337 e. The normalized spacial score (nSPS) is 11.7. The molecule has 1 heterocycles. The van der Waals surface area contributed by atoms with Gasteiger partial charge >= 0.3 is 5.97 Å². The van der Waals surface area contributed by atoms with E-state index in [4.69, 9.17) is 5.11 Å². The fourth-order valence-corrected chi connectivity index (χ4v) is 1.18. The predicted octanol–water partition coefficient (Wildman–Crippen LogP) is 2.32. The molecule has 3 heteroatoms. The number of aromatic amines is 1. The number of carbonyl (C=O) groups is 1. The van der Waals surface area contributed by atoms with Crippen molar-refractivity contribution in [3.63, 3.8) is 0 Å². The zero-order valence-electron chi connectivity index (χ0n) is 8.43. The van der Waals surface area contributed by atoms with Crippen molar-refractivity contribution in [1.82, 2.24) is 4.98 Å². The Balaban J connectivity index is 3.17. The molecule has 0 aliphatic rings. The van der Waals surface area contributed by atoms with Gasteiger partial charge in [0.1, 0.15) is 0 Å². The molecule has 0 saturated carbocycles. The molecule has 0 bridgehead atoms. The summed E-state index contributed by atoms with van der Waals surface area (Å²) in [7, 11) is 0. The molecule has 13 heavy (non-hydrogen) atoms. The van der Waals surface area contributed by atoms with Gasteiger partial charge < -0.3 is 10.1 Å². The van der Waals surface area contributed by atoms with Gasteiger partial charge in [-0.25, -0.2) is 4.79 Å². The minimum atomic E-state index is -0.871. The summed E-state index contributed by atoms with van der Waals surface area (Å²) in [5.41, 5.74) is 2.02. The van der Waals surface area contributed by atoms with Crippen molar-refractivity contribution in [3.8, 4) is 0 Å². The summed E-state index contributed by atoms with van der Waals surface area (Å²) in [6.45, 7) is 7.91. The first kappa shape index (κ1) is 9.84. The average Bonchev–Trinajstić information content (AvgIpc) is 2.29. The average molecular weight is 181 g/mol. The van der Waals surface area contributed by atoms with Crippen LogP contribution in [0.1, 0.15) is 42.5 Å². The first-order valence-electron chi connectivity index (χ1n) is 4.26. The van der Waals surface area contributed by atoms with Crippen LogP contribution in [0.15, 0.2) is 6.07 Å². The smallest absolute Gasteiger partial charge is 0.337 e. The molecule has 1 aromatic rings. The second-order valence-electron chi connectivity index (χ2n) is 4.28. The lowest BCUT2D eigenvalue weighted by Crippen LogP contribution is -2.11. The van der Waals surface area contributed by atoms with Crippen LogP contribution < -0.4 is 0 Å². The van der Waals surface area contributed by atoms with Crippen molar-refractivity contribution < 1.29 is 9.90 Å². The summed E-state index contributed by atoms with van der Waals surface area (Å²) >= 11 is 0. The Morgan fingerprint density at radius 2 is 2.00 bits per heavy atom. The summed E-state index contributed by atoms with van der Waals surface area (Å²) in [6, 6.07) is 1.71. The summed E-state index contributed by atoms with van der Waals surface area (Å²) in [5, 5.41) is 8.82. The highest BCUT2D eigenvalue weighted by Crippen LogP contribution is 2.23. The zero-order valence-corrected chi connectivity index (χ0v) is 8.43. The van der Waals surface area contributed by atoms with Crippen molar-refractivity contribution in [2.45, 2.75) is 33.1 Å². The Bertz CT molecular complexity index is 331. The van der Waals surface area contributed by atoms with Gasteiger partial charge in [-0.2, -0.15) is 0 Å². The van der Waals surface area contributed by atoms with Gasteiger partial charge in [0, 0.05) is 16.8 Å². The van der Waals surface area contributed by atoms with E-state index in [1.165, 1.54) is 0 Å². The van der Waals surface area contributed by atoms with Gasteiger partial charge in [-0.05, 0) is 13.0 Å². The monoisotopic (exact) mass is 181 g/mol. The first-order valence-corrected chi connectivity index (χ1v) is 4.26. The third-order valence-electron chi connectivity index (χ3n) is 2.05. The van der Waals surface area contributed by atoms with Gasteiger partial charge in [0.25, 0.3) is 0 Å². The Hall–Kier alpha value is -1.25. The molecule has 0 spiro atoms. The van der Waals surface area contributed by atoms with Gasteiger partial charge in [0.05, 0.1) is 5.56 Å². The second-order valence-corrected chi connectivity index (χ2v) is 4.28. The SMILES string of the molecule is Cc1[nH]c(C(C)(C)C)cc1C(=O)O. The topological polar surface area (TPSA) is 53.1 Å². The van der Waals surface area contributed by atoms with E-state index in [9.17, 15) is 4.79 Å². The number of carboxylic acids is 1. The third kappa shape index (κ3) is 1.91. The van der Waals surface area contributed by atoms with Crippen molar-refractivity contribution in [2.75, 3.05) is 0 Å². The number of hydrogen-bond donors (Lipinski definition) is 2. The highest BCUT2D eigenvalue weighted by Gasteiger charge is 2.19. The molecule has 0 unspecified atom stereocenters. The van der Waals surface area contributed by atoms with Crippen molar-refractivity contribution in [3.05, 3.63) is 23.0 Å². The Morgan fingerprint density at radius 3 is 2.23 bits per heavy atom. The van der Waals surface area contributed by atoms with Gasteiger partial charge in [0.15, 0.2) is 0 Å². The number of rotatable bonds is 1. The Morgan fingerprint density at radius 1 is 1.46 bits per heavy atom. The van der Waals surface area contributed by atoms with Crippen LogP contribution >= 0.6 is 0 Å². The molecule has 0 atom stereocenters. The number of H-pyrrole nitrogens is 1. The van der Waals surface area contributed by atoms with E-state index in [-0.39, 0.29) is 5.41 Å². The lowest BCUT2D eigenvalue weighted by atomic mass is 9.92. The molecule has 0 amide bonds. The van der Waals surface area contributed by atoms with Gasteiger partial charge in [-0.1, -0.05) is 20.8 Å². The molecule has 1 aromatic heterocycles. The van der Waals surface area contributed by atoms with Crippen molar-refractivity contribution in [2.24, 2.45) is 0 Å². The minimum absolute atomic E-state index is 0.0293. The number of aromatic nitrogens is 1. The van der Waals surface area contributed by atoms with E-state index in [2.05, 4.69) is 4.98 Å². The van der Waals surface area contributed by atoms with E-state index >= 15 is 0 Å². The van der Waals surface area contributed by atoms with Crippen LogP contribution in [0, 0.1) is 6.92 Å². The third-order valence-corrected chi connectivity index (χ3v) is 2.05. The van der Waals surface area contributed by atoms with Crippen molar-refractivity contribution in [1.29, 1.82) is 0 Å². The zero-order chi connectivity index (χ0) is 10.2. The Labute approximate surface area is 77.8 Å². The van der Waals surface area contributed by atoms with Crippen LogP contribution in [0.2, 0.25) is 0 Å². The Kier molecular flexibility index (Phi) is 2.20. The lowest BCUT2D eigenvalue weighted by molar-refractivity contribution is 0.0696. The van der Waals surface area contributed by atoms with E-state index in [0.29, 0.717) is 5.56 Å². The first-order chi connectivity index (χ1) is 5.82. The number of hydrogen-bond acceptors (Lipinski definition) is 1. The molecule has 3 nitrogen and oxygen atoms in total. The molecule has 0 aromatic carbocycles. The predicted molar refractivity (Wildman–Crippen MR) is 51.2 cm³/mol. The van der Waals surface area contributed by atoms with Crippen LogP contribution in [0.3, 0.4) is 0 Å². The number of aromatic carboxylic acids is 1. The van der Waals surface area contributed by atoms with E-state index in [1.807, 2.05) is 20.8 Å².